The van der Waals surface area contributed by atoms with E-state index in [4.69, 9.17) is 4.99 Å². The molecule has 2 aromatic rings. The number of halogens is 1. The number of guanidine groups is 1. The Bertz CT molecular complexity index is 795. The Labute approximate surface area is 202 Å². The van der Waals surface area contributed by atoms with Crippen LogP contribution in [0.1, 0.15) is 54.6 Å². The van der Waals surface area contributed by atoms with Crippen molar-refractivity contribution in [3.8, 4) is 0 Å². The number of aryl methyl sites for hydroxylation is 2. The summed E-state index contributed by atoms with van der Waals surface area (Å²) in [5, 5.41) is 13.8. The SMILES string of the molecule is CCNC(=NCC(c1cccs1)N1CCCC1)NC(C)Cc1c(C)nn(C)c1C.I. The molecule has 3 rings (SSSR count). The van der Waals surface area contributed by atoms with Crippen molar-refractivity contribution < 1.29 is 0 Å². The van der Waals surface area contributed by atoms with Crippen LogP contribution in [-0.2, 0) is 13.5 Å². The third-order valence-electron chi connectivity index (χ3n) is 5.77. The lowest BCUT2D eigenvalue weighted by Gasteiger charge is -2.26. The van der Waals surface area contributed by atoms with Crippen LogP contribution in [-0.4, -0.2) is 52.9 Å². The monoisotopic (exact) mass is 544 g/mol. The summed E-state index contributed by atoms with van der Waals surface area (Å²) in [6.45, 7) is 12.6. The van der Waals surface area contributed by atoms with E-state index in [1.54, 1.807) is 0 Å². The average Bonchev–Trinajstić information content (AvgIpc) is 3.43. The number of rotatable bonds is 8. The summed E-state index contributed by atoms with van der Waals surface area (Å²) in [7, 11) is 2.01. The van der Waals surface area contributed by atoms with Crippen molar-refractivity contribution in [2.75, 3.05) is 26.2 Å². The minimum absolute atomic E-state index is 0. The molecule has 0 saturated carbocycles. The van der Waals surface area contributed by atoms with Gasteiger partial charge in [-0.1, -0.05) is 6.07 Å². The van der Waals surface area contributed by atoms with Crippen LogP contribution in [0.2, 0.25) is 0 Å². The van der Waals surface area contributed by atoms with Crippen molar-refractivity contribution in [1.29, 1.82) is 0 Å². The van der Waals surface area contributed by atoms with Crippen molar-refractivity contribution in [3.05, 3.63) is 39.3 Å². The van der Waals surface area contributed by atoms with Gasteiger partial charge in [0, 0.05) is 30.2 Å². The normalized spacial score (nSPS) is 16.9. The van der Waals surface area contributed by atoms with Crippen molar-refractivity contribution in [2.24, 2.45) is 12.0 Å². The molecule has 1 aliphatic heterocycles. The fourth-order valence-electron chi connectivity index (χ4n) is 4.12. The van der Waals surface area contributed by atoms with Gasteiger partial charge in [0.2, 0.25) is 0 Å². The van der Waals surface area contributed by atoms with Gasteiger partial charge in [-0.05, 0) is 77.1 Å². The third-order valence-corrected chi connectivity index (χ3v) is 6.75. The zero-order valence-electron chi connectivity index (χ0n) is 18.9. The molecule has 2 aromatic heterocycles. The zero-order chi connectivity index (χ0) is 20.8. The molecule has 1 fully saturated rings. The highest BCUT2D eigenvalue weighted by Gasteiger charge is 2.24. The highest BCUT2D eigenvalue weighted by molar-refractivity contribution is 14.0. The Morgan fingerprint density at radius 3 is 2.60 bits per heavy atom. The molecular formula is C22H37IN6S. The summed E-state index contributed by atoms with van der Waals surface area (Å²) < 4.78 is 1.97. The molecular weight excluding hydrogens is 507 g/mol. The molecule has 8 heteroatoms. The van der Waals surface area contributed by atoms with Gasteiger partial charge in [0.25, 0.3) is 0 Å². The number of aliphatic imine (C=N–C) groups is 1. The van der Waals surface area contributed by atoms with Crippen molar-refractivity contribution >= 4 is 41.3 Å². The van der Waals surface area contributed by atoms with Crippen LogP contribution in [0.3, 0.4) is 0 Å². The summed E-state index contributed by atoms with van der Waals surface area (Å²) in [6, 6.07) is 5.06. The molecule has 3 heterocycles. The van der Waals surface area contributed by atoms with E-state index in [-0.39, 0.29) is 30.0 Å². The summed E-state index contributed by atoms with van der Waals surface area (Å²) >= 11 is 1.84. The molecule has 0 radical (unpaired) electrons. The quantitative estimate of drug-likeness (QED) is 0.299. The number of aromatic nitrogens is 2. The summed E-state index contributed by atoms with van der Waals surface area (Å²) in [4.78, 5) is 8.99. The lowest BCUT2D eigenvalue weighted by molar-refractivity contribution is 0.255. The Balaban J connectivity index is 0.00000320. The number of hydrogen-bond donors (Lipinski definition) is 2. The van der Waals surface area contributed by atoms with Crippen LogP contribution in [0.4, 0.5) is 0 Å². The first-order chi connectivity index (χ1) is 14.0. The minimum atomic E-state index is 0. The zero-order valence-corrected chi connectivity index (χ0v) is 22.1. The number of thiophene rings is 1. The first kappa shape index (κ1) is 25.1. The van der Waals surface area contributed by atoms with E-state index >= 15 is 0 Å². The Morgan fingerprint density at radius 1 is 1.30 bits per heavy atom. The molecule has 0 spiro atoms. The van der Waals surface area contributed by atoms with Gasteiger partial charge in [0.05, 0.1) is 18.3 Å². The van der Waals surface area contributed by atoms with E-state index in [9.17, 15) is 0 Å². The number of nitrogens with zero attached hydrogens (tertiary/aromatic N) is 4. The van der Waals surface area contributed by atoms with Gasteiger partial charge < -0.3 is 10.6 Å². The van der Waals surface area contributed by atoms with Crippen molar-refractivity contribution in [2.45, 2.75) is 59.0 Å². The second kappa shape index (κ2) is 12.0. The van der Waals surface area contributed by atoms with E-state index in [1.165, 1.54) is 42.1 Å². The van der Waals surface area contributed by atoms with Gasteiger partial charge in [-0.25, -0.2) is 0 Å². The lowest BCUT2D eigenvalue weighted by Crippen LogP contribution is -2.43. The van der Waals surface area contributed by atoms with Crippen LogP contribution >= 0.6 is 35.3 Å². The molecule has 1 aliphatic rings. The van der Waals surface area contributed by atoms with E-state index in [0.29, 0.717) is 6.04 Å². The van der Waals surface area contributed by atoms with E-state index < -0.39 is 0 Å². The molecule has 2 unspecified atom stereocenters. The number of hydrogen-bond acceptors (Lipinski definition) is 4. The topological polar surface area (TPSA) is 57.5 Å². The number of likely N-dealkylation sites (tertiary alicyclic amines) is 1. The van der Waals surface area contributed by atoms with Crippen molar-refractivity contribution in [3.63, 3.8) is 0 Å². The second-order valence-corrected chi connectivity index (χ2v) is 9.00. The van der Waals surface area contributed by atoms with Crippen LogP contribution in [0.5, 0.6) is 0 Å². The summed E-state index contributed by atoms with van der Waals surface area (Å²) in [5.41, 5.74) is 3.69. The first-order valence-electron chi connectivity index (χ1n) is 10.8. The lowest BCUT2D eigenvalue weighted by atomic mass is 10.1. The predicted molar refractivity (Wildman–Crippen MR) is 138 cm³/mol. The van der Waals surface area contributed by atoms with Crippen LogP contribution in [0, 0.1) is 13.8 Å². The van der Waals surface area contributed by atoms with E-state index in [0.717, 1.165) is 31.2 Å². The maximum absolute atomic E-state index is 4.98. The van der Waals surface area contributed by atoms with E-state index in [2.05, 4.69) is 65.8 Å². The highest BCUT2D eigenvalue weighted by Crippen LogP contribution is 2.28. The Morgan fingerprint density at radius 2 is 2.03 bits per heavy atom. The molecule has 30 heavy (non-hydrogen) atoms. The van der Waals surface area contributed by atoms with Gasteiger partial charge in [-0.3, -0.25) is 14.6 Å². The molecule has 2 atom stereocenters. The van der Waals surface area contributed by atoms with Crippen LogP contribution in [0.15, 0.2) is 22.5 Å². The molecule has 1 saturated heterocycles. The van der Waals surface area contributed by atoms with E-state index in [1.807, 2.05) is 23.1 Å². The highest BCUT2D eigenvalue weighted by atomic mass is 127. The Hall–Kier alpha value is -1.13. The molecule has 2 N–H and O–H groups in total. The molecule has 0 aromatic carbocycles. The average molecular weight is 545 g/mol. The van der Waals surface area contributed by atoms with Gasteiger partial charge in [-0.15, -0.1) is 35.3 Å². The Kier molecular flexibility index (Phi) is 10.1. The van der Waals surface area contributed by atoms with Crippen molar-refractivity contribution in [1.82, 2.24) is 25.3 Å². The molecule has 168 valence electrons. The third kappa shape index (κ3) is 6.43. The fourth-order valence-corrected chi connectivity index (χ4v) is 4.97. The maximum atomic E-state index is 4.98. The van der Waals surface area contributed by atoms with Crippen LogP contribution < -0.4 is 10.6 Å². The second-order valence-electron chi connectivity index (χ2n) is 8.02. The summed E-state index contributed by atoms with van der Waals surface area (Å²) in [6.07, 6.45) is 3.53. The smallest absolute Gasteiger partial charge is 0.191 e. The van der Waals surface area contributed by atoms with Gasteiger partial charge in [-0.2, -0.15) is 5.10 Å². The molecule has 0 aliphatic carbocycles. The fraction of sp³-hybridized carbons (Fsp3) is 0.636. The number of nitrogens with one attached hydrogen (secondary N) is 2. The molecule has 6 nitrogen and oxygen atoms in total. The largest absolute Gasteiger partial charge is 0.357 e. The van der Waals surface area contributed by atoms with Gasteiger partial charge in [0.1, 0.15) is 0 Å². The summed E-state index contributed by atoms with van der Waals surface area (Å²) in [5.74, 6) is 0.903. The standard InChI is InChI=1S/C22H36N6S.HI/c1-6-23-22(25-16(2)14-19-17(3)26-27(5)18(19)4)24-15-20(21-10-9-13-29-21)28-11-7-8-12-28;/h9-10,13,16,20H,6-8,11-12,14-15H2,1-5H3,(H2,23,24,25);1H. The van der Waals surface area contributed by atoms with Gasteiger partial charge >= 0.3 is 0 Å². The van der Waals surface area contributed by atoms with Gasteiger partial charge in [0.15, 0.2) is 5.96 Å². The molecule has 0 bridgehead atoms. The predicted octanol–water partition coefficient (Wildman–Crippen LogP) is 4.04. The van der Waals surface area contributed by atoms with Crippen LogP contribution in [0.25, 0.3) is 0 Å². The molecule has 0 amide bonds. The first-order valence-corrected chi connectivity index (χ1v) is 11.7. The maximum Gasteiger partial charge on any atom is 0.191 e. The minimum Gasteiger partial charge on any atom is -0.357 e.